The van der Waals surface area contributed by atoms with Gasteiger partial charge in [-0.15, -0.1) is 0 Å². The molecule has 136 valence electrons. The highest BCUT2D eigenvalue weighted by Gasteiger charge is 2.24. The first-order valence-electron chi connectivity index (χ1n) is 7.43. The van der Waals surface area contributed by atoms with Crippen molar-refractivity contribution in [1.82, 2.24) is 19.4 Å². The Morgan fingerprint density at radius 1 is 1.19 bits per heavy atom. The average molecular weight is 397 g/mol. The van der Waals surface area contributed by atoms with E-state index >= 15 is 0 Å². The molecule has 0 unspecified atom stereocenters. The van der Waals surface area contributed by atoms with E-state index in [4.69, 9.17) is 11.6 Å². The summed E-state index contributed by atoms with van der Waals surface area (Å²) in [5, 5.41) is -0.137. The Hall–Kier alpha value is -2.52. The predicted octanol–water partition coefficient (Wildman–Crippen LogP) is 2.14. The molecule has 0 aliphatic rings. The fourth-order valence-electron chi connectivity index (χ4n) is 2.26. The van der Waals surface area contributed by atoms with Gasteiger partial charge >= 0.3 is 0 Å². The van der Waals surface area contributed by atoms with Crippen molar-refractivity contribution in [2.45, 2.75) is 16.6 Å². The number of halogens is 2. The monoisotopic (exact) mass is 396 g/mol. The van der Waals surface area contributed by atoms with Crippen LogP contribution in [0.3, 0.4) is 0 Å². The van der Waals surface area contributed by atoms with E-state index in [2.05, 4.69) is 9.97 Å². The Morgan fingerprint density at radius 2 is 1.85 bits per heavy atom. The number of nitrogens with zero attached hydrogens (tertiary/aromatic N) is 4. The van der Waals surface area contributed by atoms with Crippen LogP contribution in [0.5, 0.6) is 0 Å². The Bertz CT molecular complexity index is 1090. The van der Waals surface area contributed by atoms with Crippen LogP contribution in [0.2, 0.25) is 5.15 Å². The highest BCUT2D eigenvalue weighted by Crippen LogP contribution is 2.26. The van der Waals surface area contributed by atoms with Crippen LogP contribution in [0, 0.1) is 5.82 Å². The van der Waals surface area contributed by atoms with Gasteiger partial charge in [-0.25, -0.2) is 17.8 Å². The molecule has 0 saturated carbocycles. The average Bonchev–Trinajstić information content (AvgIpc) is 2.98. The van der Waals surface area contributed by atoms with Gasteiger partial charge in [-0.1, -0.05) is 11.6 Å². The summed E-state index contributed by atoms with van der Waals surface area (Å²) in [5.41, 5.74) is 0.223. The van der Waals surface area contributed by atoms with E-state index in [-0.39, 0.29) is 28.1 Å². The van der Waals surface area contributed by atoms with E-state index in [9.17, 15) is 17.6 Å². The minimum atomic E-state index is -4.09. The predicted molar refractivity (Wildman–Crippen MR) is 93.1 cm³/mol. The van der Waals surface area contributed by atoms with Crippen LogP contribution >= 0.6 is 11.6 Å². The third kappa shape index (κ3) is 3.27. The van der Waals surface area contributed by atoms with Crippen LogP contribution in [0.4, 0.5) is 4.39 Å². The van der Waals surface area contributed by atoms with Crippen molar-refractivity contribution in [3.8, 4) is 0 Å². The van der Waals surface area contributed by atoms with Crippen LogP contribution < -0.4 is 0 Å². The molecule has 3 aromatic rings. The van der Waals surface area contributed by atoms with E-state index in [1.165, 1.54) is 9.47 Å². The van der Waals surface area contributed by atoms with Gasteiger partial charge in [-0.2, -0.15) is 4.98 Å². The molecule has 0 radical (unpaired) electrons. The number of sulfone groups is 1. The molecule has 1 aromatic carbocycles. The molecular weight excluding hydrogens is 383 g/mol. The smallest absolute Gasteiger partial charge is 0.255 e. The molecule has 10 heteroatoms. The standard InChI is InChI=1S/C16H14ClFN4O3S/c1-21(2)13(23)9-22-8-7-12-14(17)19-16(20-15(12)22)26(24,25)11-5-3-10(18)4-6-11/h3-8H,9H2,1-2H3. The van der Waals surface area contributed by atoms with E-state index in [1.54, 1.807) is 26.4 Å². The summed E-state index contributed by atoms with van der Waals surface area (Å²) in [7, 11) is -0.868. The van der Waals surface area contributed by atoms with Gasteiger partial charge in [0.15, 0.2) is 0 Å². The van der Waals surface area contributed by atoms with Crippen LogP contribution in [-0.2, 0) is 21.2 Å². The number of benzene rings is 1. The molecule has 0 bridgehead atoms. The van der Waals surface area contributed by atoms with Gasteiger partial charge in [-0.05, 0) is 30.3 Å². The highest BCUT2D eigenvalue weighted by atomic mass is 35.5. The van der Waals surface area contributed by atoms with Gasteiger partial charge in [0.25, 0.3) is 5.16 Å². The highest BCUT2D eigenvalue weighted by molar-refractivity contribution is 7.91. The Balaban J connectivity index is 2.12. The summed E-state index contributed by atoms with van der Waals surface area (Å²) in [6.07, 6.45) is 1.58. The number of carbonyl (C=O) groups is 1. The molecule has 0 aliphatic heterocycles. The van der Waals surface area contributed by atoms with Crippen molar-refractivity contribution >= 4 is 38.4 Å². The molecule has 0 fully saturated rings. The third-order valence-corrected chi connectivity index (χ3v) is 5.56. The zero-order valence-electron chi connectivity index (χ0n) is 13.8. The molecule has 1 amide bonds. The van der Waals surface area contributed by atoms with Crippen LogP contribution in [-0.4, -0.2) is 47.9 Å². The van der Waals surface area contributed by atoms with Gasteiger partial charge in [0.05, 0.1) is 10.3 Å². The first-order valence-corrected chi connectivity index (χ1v) is 9.29. The SMILES string of the molecule is CN(C)C(=O)Cn1ccc2c(Cl)nc(S(=O)(=O)c3ccc(F)cc3)nc21. The number of aromatic nitrogens is 3. The molecule has 0 atom stereocenters. The van der Waals surface area contributed by atoms with Crippen molar-refractivity contribution in [3.05, 3.63) is 47.5 Å². The molecule has 3 rings (SSSR count). The molecule has 7 nitrogen and oxygen atoms in total. The minimum Gasteiger partial charge on any atom is -0.347 e. The van der Waals surface area contributed by atoms with Crippen molar-refractivity contribution in [3.63, 3.8) is 0 Å². The van der Waals surface area contributed by atoms with Gasteiger partial charge in [0.1, 0.15) is 23.2 Å². The Labute approximate surface area is 154 Å². The first-order chi connectivity index (χ1) is 12.2. The Kier molecular flexibility index (Phi) is 4.68. The van der Waals surface area contributed by atoms with E-state index in [1.807, 2.05) is 0 Å². The number of likely N-dealkylation sites (N-methyl/N-ethyl adjacent to an activating group) is 1. The zero-order valence-corrected chi connectivity index (χ0v) is 15.4. The van der Waals surface area contributed by atoms with E-state index in [0.717, 1.165) is 24.3 Å². The number of amides is 1. The first kappa shape index (κ1) is 18.3. The quantitative estimate of drug-likeness (QED) is 0.383. The molecule has 0 aliphatic carbocycles. The lowest BCUT2D eigenvalue weighted by atomic mass is 10.4. The van der Waals surface area contributed by atoms with Crippen molar-refractivity contribution in [1.29, 1.82) is 0 Å². The lowest BCUT2D eigenvalue weighted by Crippen LogP contribution is -2.26. The fraction of sp³-hybridized carbons (Fsp3) is 0.188. The van der Waals surface area contributed by atoms with Gasteiger partial charge in [0, 0.05) is 20.3 Å². The van der Waals surface area contributed by atoms with Crippen LogP contribution in [0.1, 0.15) is 0 Å². The summed E-state index contributed by atoms with van der Waals surface area (Å²) < 4.78 is 40.0. The summed E-state index contributed by atoms with van der Waals surface area (Å²) >= 11 is 6.11. The molecule has 0 N–H and O–H groups in total. The van der Waals surface area contributed by atoms with Crippen molar-refractivity contribution < 1.29 is 17.6 Å². The number of carbonyl (C=O) groups excluding carboxylic acids is 1. The maximum Gasteiger partial charge on any atom is 0.255 e. The molecule has 0 saturated heterocycles. The molecule has 2 aromatic heterocycles. The number of fused-ring (bicyclic) bond motifs is 1. The largest absolute Gasteiger partial charge is 0.347 e. The molecule has 26 heavy (non-hydrogen) atoms. The van der Waals surface area contributed by atoms with Crippen molar-refractivity contribution in [2.75, 3.05) is 14.1 Å². The van der Waals surface area contributed by atoms with Crippen LogP contribution in [0.25, 0.3) is 11.0 Å². The molecule has 0 spiro atoms. The van der Waals surface area contributed by atoms with Gasteiger partial charge in [0.2, 0.25) is 15.7 Å². The number of hydrogen-bond donors (Lipinski definition) is 0. The number of rotatable bonds is 4. The maximum absolute atomic E-state index is 13.1. The second kappa shape index (κ2) is 6.65. The van der Waals surface area contributed by atoms with Gasteiger partial charge < -0.3 is 9.47 Å². The second-order valence-electron chi connectivity index (χ2n) is 5.72. The summed E-state index contributed by atoms with van der Waals surface area (Å²) in [6, 6.07) is 5.92. The minimum absolute atomic E-state index is 0.0279. The fourth-order valence-corrected chi connectivity index (χ4v) is 3.66. The second-order valence-corrected chi connectivity index (χ2v) is 7.92. The molecular formula is C16H14ClFN4O3S. The van der Waals surface area contributed by atoms with E-state index < -0.39 is 20.8 Å². The third-order valence-electron chi connectivity index (χ3n) is 3.72. The lowest BCUT2D eigenvalue weighted by Gasteiger charge is -2.11. The van der Waals surface area contributed by atoms with Crippen molar-refractivity contribution in [2.24, 2.45) is 0 Å². The molecule has 2 heterocycles. The maximum atomic E-state index is 13.1. The normalized spacial score (nSPS) is 11.7. The lowest BCUT2D eigenvalue weighted by molar-refractivity contribution is -0.129. The topological polar surface area (TPSA) is 85.2 Å². The Morgan fingerprint density at radius 3 is 2.46 bits per heavy atom. The summed E-state index contributed by atoms with van der Waals surface area (Å²) in [6.45, 7) is -0.0279. The zero-order chi connectivity index (χ0) is 19.1. The summed E-state index contributed by atoms with van der Waals surface area (Å²) in [5.74, 6) is -0.755. The van der Waals surface area contributed by atoms with Gasteiger partial charge in [-0.3, -0.25) is 4.79 Å². The van der Waals surface area contributed by atoms with Crippen LogP contribution in [0.15, 0.2) is 46.6 Å². The number of hydrogen-bond acceptors (Lipinski definition) is 5. The van der Waals surface area contributed by atoms with E-state index in [0.29, 0.717) is 5.39 Å². The summed E-state index contributed by atoms with van der Waals surface area (Å²) in [4.78, 5) is 21.2.